The van der Waals surface area contributed by atoms with E-state index in [0.29, 0.717) is 0 Å². The fourth-order valence-corrected chi connectivity index (χ4v) is 3.32. The summed E-state index contributed by atoms with van der Waals surface area (Å²) < 4.78 is 0. The highest BCUT2D eigenvalue weighted by molar-refractivity contribution is 5.66. The average molecular weight is 359 g/mol. The van der Waals surface area contributed by atoms with Crippen LogP contribution in [0.1, 0.15) is 24.8 Å². The number of nitrogens with one attached hydrogen (secondary N) is 2. The summed E-state index contributed by atoms with van der Waals surface area (Å²) in [5.74, 6) is 2.39. The molecule has 0 unspecified atom stereocenters. The van der Waals surface area contributed by atoms with Crippen LogP contribution in [-0.2, 0) is 0 Å². The highest BCUT2D eigenvalue weighted by Gasteiger charge is 2.16. The van der Waals surface area contributed by atoms with Crippen molar-refractivity contribution in [3.63, 3.8) is 0 Å². The second-order valence-corrected chi connectivity index (χ2v) is 6.92. The van der Waals surface area contributed by atoms with Gasteiger partial charge in [0.1, 0.15) is 11.6 Å². The number of anilines is 5. The highest BCUT2D eigenvalue weighted by atomic mass is 15.3. The molecule has 0 radical (unpaired) electrons. The Bertz CT molecular complexity index is 888. The van der Waals surface area contributed by atoms with E-state index in [0.717, 1.165) is 42.0 Å². The molecule has 4 rings (SSSR count). The van der Waals surface area contributed by atoms with Gasteiger partial charge in [0, 0.05) is 30.5 Å². The van der Waals surface area contributed by atoms with Gasteiger partial charge in [-0.25, -0.2) is 0 Å². The average Bonchev–Trinajstić information content (AvgIpc) is 2.71. The smallest absolute Gasteiger partial charge is 0.229 e. The predicted molar refractivity (Wildman–Crippen MR) is 112 cm³/mol. The summed E-state index contributed by atoms with van der Waals surface area (Å²) in [6.45, 7) is 4.12. The lowest BCUT2D eigenvalue weighted by Gasteiger charge is -2.27. The van der Waals surface area contributed by atoms with E-state index in [9.17, 15) is 0 Å². The van der Waals surface area contributed by atoms with E-state index >= 15 is 0 Å². The minimum Gasteiger partial charge on any atom is -0.341 e. The molecule has 2 heterocycles. The number of hydrogen-bond donors (Lipinski definition) is 2. The van der Waals surface area contributed by atoms with Crippen LogP contribution in [0.3, 0.4) is 0 Å². The molecule has 1 aromatic heterocycles. The largest absolute Gasteiger partial charge is 0.341 e. The number of piperidine rings is 1. The SMILES string of the molecule is Cc1ccccc1Nc1cc(Nc2ccccc2)nc(N2CCCCC2)n1. The van der Waals surface area contributed by atoms with Crippen LogP contribution < -0.4 is 15.5 Å². The number of aryl methyl sites for hydroxylation is 1. The topological polar surface area (TPSA) is 53.1 Å². The molecule has 1 aliphatic heterocycles. The molecule has 27 heavy (non-hydrogen) atoms. The number of nitrogens with zero attached hydrogens (tertiary/aromatic N) is 3. The van der Waals surface area contributed by atoms with Crippen molar-refractivity contribution in [3.8, 4) is 0 Å². The first kappa shape index (κ1) is 17.3. The molecule has 5 nitrogen and oxygen atoms in total. The summed E-state index contributed by atoms with van der Waals surface area (Å²) in [7, 11) is 0. The molecule has 0 atom stereocenters. The predicted octanol–water partition coefficient (Wildman–Crippen LogP) is 5.26. The van der Waals surface area contributed by atoms with Gasteiger partial charge in [-0.05, 0) is 49.9 Å². The van der Waals surface area contributed by atoms with E-state index in [4.69, 9.17) is 9.97 Å². The van der Waals surface area contributed by atoms with Crippen molar-refractivity contribution in [3.05, 3.63) is 66.2 Å². The maximum Gasteiger partial charge on any atom is 0.229 e. The van der Waals surface area contributed by atoms with E-state index in [1.165, 1.54) is 24.8 Å². The molecular weight excluding hydrogens is 334 g/mol. The van der Waals surface area contributed by atoms with E-state index in [1.54, 1.807) is 0 Å². The highest BCUT2D eigenvalue weighted by Crippen LogP contribution is 2.26. The van der Waals surface area contributed by atoms with Gasteiger partial charge in [0.05, 0.1) is 0 Å². The summed E-state index contributed by atoms with van der Waals surface area (Å²) in [5.41, 5.74) is 3.27. The summed E-state index contributed by atoms with van der Waals surface area (Å²) in [6.07, 6.45) is 3.67. The molecule has 0 saturated carbocycles. The molecule has 1 saturated heterocycles. The monoisotopic (exact) mass is 359 g/mol. The zero-order valence-corrected chi connectivity index (χ0v) is 15.7. The van der Waals surface area contributed by atoms with Gasteiger partial charge >= 0.3 is 0 Å². The van der Waals surface area contributed by atoms with E-state index in [1.807, 2.05) is 48.5 Å². The van der Waals surface area contributed by atoms with Gasteiger partial charge in [-0.3, -0.25) is 0 Å². The summed E-state index contributed by atoms with van der Waals surface area (Å²) in [5, 5.41) is 6.87. The van der Waals surface area contributed by atoms with Crippen molar-refractivity contribution < 1.29 is 0 Å². The van der Waals surface area contributed by atoms with Crippen LogP contribution in [0, 0.1) is 6.92 Å². The van der Waals surface area contributed by atoms with E-state index < -0.39 is 0 Å². The van der Waals surface area contributed by atoms with Crippen LogP contribution >= 0.6 is 0 Å². The molecule has 5 heteroatoms. The van der Waals surface area contributed by atoms with Gasteiger partial charge in [0.2, 0.25) is 5.95 Å². The fourth-order valence-electron chi connectivity index (χ4n) is 3.32. The number of aromatic nitrogens is 2. The van der Waals surface area contributed by atoms with Crippen molar-refractivity contribution in [2.24, 2.45) is 0 Å². The Kier molecular flexibility index (Phi) is 5.19. The molecular formula is C22H25N5. The Morgan fingerprint density at radius 3 is 2.19 bits per heavy atom. The lowest BCUT2D eigenvalue weighted by atomic mass is 10.1. The molecule has 0 bridgehead atoms. The molecule has 3 aromatic rings. The van der Waals surface area contributed by atoms with Gasteiger partial charge in [0.25, 0.3) is 0 Å². The van der Waals surface area contributed by atoms with Crippen LogP contribution in [0.25, 0.3) is 0 Å². The van der Waals surface area contributed by atoms with Crippen molar-refractivity contribution in [2.75, 3.05) is 28.6 Å². The zero-order chi connectivity index (χ0) is 18.5. The lowest BCUT2D eigenvalue weighted by molar-refractivity contribution is 0.568. The normalized spacial score (nSPS) is 14.0. The first-order chi connectivity index (χ1) is 13.3. The first-order valence-corrected chi connectivity index (χ1v) is 9.57. The van der Waals surface area contributed by atoms with Crippen molar-refractivity contribution in [1.29, 1.82) is 0 Å². The summed E-state index contributed by atoms with van der Waals surface area (Å²) >= 11 is 0. The zero-order valence-electron chi connectivity index (χ0n) is 15.7. The molecule has 0 aliphatic carbocycles. The van der Waals surface area contributed by atoms with Crippen molar-refractivity contribution >= 4 is 29.0 Å². The van der Waals surface area contributed by atoms with Crippen LogP contribution in [0.15, 0.2) is 60.7 Å². The van der Waals surface area contributed by atoms with Gasteiger partial charge in [-0.2, -0.15) is 9.97 Å². The Morgan fingerprint density at radius 2 is 1.44 bits per heavy atom. The standard InChI is InChI=1S/C22H25N5/c1-17-10-6-7-13-19(17)24-21-16-20(23-18-11-4-2-5-12-18)25-22(26-21)27-14-8-3-9-15-27/h2,4-7,10-13,16H,3,8-9,14-15H2,1H3,(H2,23,24,25,26). The third-order valence-electron chi connectivity index (χ3n) is 4.81. The Labute approximate surface area is 160 Å². The number of rotatable bonds is 5. The minimum atomic E-state index is 0.784. The summed E-state index contributed by atoms with van der Waals surface area (Å²) in [6, 6.07) is 20.3. The Hall–Kier alpha value is -3.08. The van der Waals surface area contributed by atoms with Crippen molar-refractivity contribution in [2.45, 2.75) is 26.2 Å². The first-order valence-electron chi connectivity index (χ1n) is 9.57. The van der Waals surface area contributed by atoms with Gasteiger partial charge in [-0.1, -0.05) is 36.4 Å². The maximum atomic E-state index is 4.80. The van der Waals surface area contributed by atoms with Crippen LogP contribution in [0.5, 0.6) is 0 Å². The van der Waals surface area contributed by atoms with Gasteiger partial charge in [-0.15, -0.1) is 0 Å². The molecule has 2 N–H and O–H groups in total. The Morgan fingerprint density at radius 1 is 0.778 bits per heavy atom. The fraction of sp³-hybridized carbons (Fsp3) is 0.273. The third kappa shape index (κ3) is 4.37. The number of para-hydroxylation sites is 2. The number of hydrogen-bond acceptors (Lipinski definition) is 5. The molecule has 138 valence electrons. The molecule has 0 amide bonds. The molecule has 2 aromatic carbocycles. The van der Waals surface area contributed by atoms with E-state index in [-0.39, 0.29) is 0 Å². The van der Waals surface area contributed by atoms with Crippen molar-refractivity contribution in [1.82, 2.24) is 9.97 Å². The molecule has 1 fully saturated rings. The Balaban J connectivity index is 1.66. The second kappa shape index (κ2) is 8.08. The quantitative estimate of drug-likeness (QED) is 0.650. The minimum absolute atomic E-state index is 0.784. The van der Waals surface area contributed by atoms with Crippen LogP contribution in [0.2, 0.25) is 0 Å². The molecule has 1 aliphatic rings. The van der Waals surface area contributed by atoms with Gasteiger partial charge < -0.3 is 15.5 Å². The van der Waals surface area contributed by atoms with Crippen LogP contribution in [-0.4, -0.2) is 23.1 Å². The molecule has 0 spiro atoms. The number of benzene rings is 2. The van der Waals surface area contributed by atoms with E-state index in [2.05, 4.69) is 34.6 Å². The second-order valence-electron chi connectivity index (χ2n) is 6.92. The lowest BCUT2D eigenvalue weighted by Crippen LogP contribution is -2.31. The van der Waals surface area contributed by atoms with Gasteiger partial charge in [0.15, 0.2) is 0 Å². The maximum absolute atomic E-state index is 4.80. The van der Waals surface area contributed by atoms with Crippen LogP contribution in [0.4, 0.5) is 29.0 Å². The summed E-state index contributed by atoms with van der Waals surface area (Å²) in [4.78, 5) is 11.9. The third-order valence-corrected chi connectivity index (χ3v) is 4.81.